The van der Waals surface area contributed by atoms with Crippen LogP contribution in [0, 0.1) is 5.92 Å². The molecule has 2 heteroatoms. The summed E-state index contributed by atoms with van der Waals surface area (Å²) in [7, 11) is 0. The summed E-state index contributed by atoms with van der Waals surface area (Å²) in [5.74, 6) is 0.822. The Hall–Kier alpha value is -0.0800. The minimum absolute atomic E-state index is 0.0388. The maximum Gasteiger partial charge on any atom is 0.106 e. The van der Waals surface area contributed by atoms with E-state index in [1.165, 1.54) is 32.1 Å². The van der Waals surface area contributed by atoms with Crippen molar-refractivity contribution in [2.75, 3.05) is 0 Å². The average molecular weight is 185 g/mol. The van der Waals surface area contributed by atoms with Gasteiger partial charge in [-0.25, -0.2) is 0 Å². The third-order valence-corrected chi connectivity index (χ3v) is 2.74. The van der Waals surface area contributed by atoms with Crippen LogP contribution in [0.5, 0.6) is 0 Å². The summed E-state index contributed by atoms with van der Waals surface area (Å²) in [6.45, 7) is 4.08. The van der Waals surface area contributed by atoms with Crippen LogP contribution in [0.1, 0.15) is 52.4 Å². The van der Waals surface area contributed by atoms with E-state index in [0.29, 0.717) is 0 Å². The molecular formula is C11H23NO. The lowest BCUT2D eigenvalue weighted by atomic mass is 9.86. The topological polar surface area (TPSA) is 35.2 Å². The first kappa shape index (κ1) is 11.0. The van der Waals surface area contributed by atoms with Gasteiger partial charge in [-0.05, 0) is 26.2 Å². The van der Waals surface area contributed by atoms with E-state index < -0.39 is 0 Å². The van der Waals surface area contributed by atoms with Crippen LogP contribution >= 0.6 is 0 Å². The second-order valence-corrected chi connectivity index (χ2v) is 4.46. The summed E-state index contributed by atoms with van der Waals surface area (Å²) < 4.78 is 5.53. The fraction of sp³-hybridized carbons (Fsp3) is 1.00. The van der Waals surface area contributed by atoms with E-state index in [-0.39, 0.29) is 12.3 Å². The zero-order valence-electron chi connectivity index (χ0n) is 8.96. The van der Waals surface area contributed by atoms with Crippen LogP contribution in [0.4, 0.5) is 0 Å². The van der Waals surface area contributed by atoms with E-state index in [2.05, 4.69) is 0 Å². The molecule has 1 atom stereocenters. The van der Waals surface area contributed by atoms with Gasteiger partial charge in [0.05, 0.1) is 6.10 Å². The molecule has 0 aromatic carbocycles. The lowest BCUT2D eigenvalue weighted by Gasteiger charge is -2.25. The van der Waals surface area contributed by atoms with Gasteiger partial charge >= 0.3 is 0 Å². The Morgan fingerprint density at radius 3 is 2.38 bits per heavy atom. The lowest BCUT2D eigenvalue weighted by Crippen LogP contribution is -2.30. The van der Waals surface area contributed by atoms with Crippen molar-refractivity contribution in [3.63, 3.8) is 0 Å². The molecule has 1 rings (SSSR count). The van der Waals surface area contributed by atoms with Crippen LogP contribution in [0.2, 0.25) is 0 Å². The Bertz CT molecular complexity index is 130. The van der Waals surface area contributed by atoms with Crippen molar-refractivity contribution < 1.29 is 4.74 Å². The van der Waals surface area contributed by atoms with Crippen molar-refractivity contribution in [1.29, 1.82) is 0 Å². The highest BCUT2D eigenvalue weighted by molar-refractivity contribution is 4.68. The first-order chi connectivity index (χ1) is 6.18. The van der Waals surface area contributed by atoms with Gasteiger partial charge in [0.1, 0.15) is 6.23 Å². The average Bonchev–Trinajstić information content (AvgIpc) is 2.04. The third kappa shape index (κ3) is 4.63. The molecule has 0 aromatic rings. The van der Waals surface area contributed by atoms with E-state index in [0.717, 1.165) is 12.3 Å². The number of rotatable bonds is 4. The quantitative estimate of drug-likeness (QED) is 0.683. The smallest absolute Gasteiger partial charge is 0.106 e. The Morgan fingerprint density at radius 1 is 1.23 bits per heavy atom. The molecule has 0 aliphatic heterocycles. The summed E-state index contributed by atoms with van der Waals surface area (Å²) in [6.07, 6.45) is 8.18. The van der Waals surface area contributed by atoms with Crippen LogP contribution in [-0.4, -0.2) is 12.3 Å². The fourth-order valence-electron chi connectivity index (χ4n) is 2.16. The molecule has 78 valence electrons. The molecule has 1 aliphatic rings. The highest BCUT2D eigenvalue weighted by Crippen LogP contribution is 2.27. The van der Waals surface area contributed by atoms with Gasteiger partial charge in [-0.1, -0.05) is 32.1 Å². The van der Waals surface area contributed by atoms with Gasteiger partial charge in [-0.15, -0.1) is 0 Å². The van der Waals surface area contributed by atoms with Crippen LogP contribution in [0.3, 0.4) is 0 Å². The van der Waals surface area contributed by atoms with Crippen molar-refractivity contribution >= 4 is 0 Å². The summed E-state index contributed by atoms with van der Waals surface area (Å²) in [6, 6.07) is 0. The number of ether oxygens (including phenoxy) is 1. The molecule has 1 saturated carbocycles. The first-order valence-electron chi connectivity index (χ1n) is 5.59. The fourth-order valence-corrected chi connectivity index (χ4v) is 2.16. The van der Waals surface area contributed by atoms with Gasteiger partial charge in [0.2, 0.25) is 0 Å². The molecule has 0 aromatic heterocycles. The van der Waals surface area contributed by atoms with E-state index in [1.54, 1.807) is 0 Å². The van der Waals surface area contributed by atoms with Gasteiger partial charge < -0.3 is 10.5 Å². The normalized spacial score (nSPS) is 22.2. The van der Waals surface area contributed by atoms with Crippen LogP contribution in [0.15, 0.2) is 0 Å². The number of nitrogens with two attached hydrogens (primary N) is 1. The molecule has 0 saturated heterocycles. The van der Waals surface area contributed by atoms with Gasteiger partial charge in [-0.3, -0.25) is 0 Å². The molecule has 1 unspecified atom stereocenters. The summed E-state index contributed by atoms with van der Waals surface area (Å²) in [5.41, 5.74) is 5.88. The molecule has 2 nitrogen and oxygen atoms in total. The Labute approximate surface area is 81.8 Å². The SMILES string of the molecule is CC(C)OC(N)CC1CCCCC1. The predicted octanol–water partition coefficient (Wildman–Crippen LogP) is 2.67. The molecule has 0 bridgehead atoms. The highest BCUT2D eigenvalue weighted by Gasteiger charge is 2.17. The Kier molecular flexibility index (Phi) is 4.74. The highest BCUT2D eigenvalue weighted by atomic mass is 16.5. The summed E-state index contributed by atoms with van der Waals surface area (Å²) in [4.78, 5) is 0. The van der Waals surface area contributed by atoms with Gasteiger partial charge in [0, 0.05) is 0 Å². The first-order valence-corrected chi connectivity index (χ1v) is 5.59. The number of hydrogen-bond donors (Lipinski definition) is 1. The molecule has 0 amide bonds. The molecule has 0 radical (unpaired) electrons. The van der Waals surface area contributed by atoms with Gasteiger partial charge in [0.25, 0.3) is 0 Å². The van der Waals surface area contributed by atoms with Crippen molar-refractivity contribution in [2.24, 2.45) is 11.7 Å². The third-order valence-electron chi connectivity index (χ3n) is 2.74. The van der Waals surface area contributed by atoms with Gasteiger partial charge in [0.15, 0.2) is 0 Å². The monoisotopic (exact) mass is 185 g/mol. The minimum atomic E-state index is -0.0388. The molecule has 0 spiro atoms. The van der Waals surface area contributed by atoms with Crippen molar-refractivity contribution in [3.8, 4) is 0 Å². The predicted molar refractivity (Wildman–Crippen MR) is 55.4 cm³/mol. The second kappa shape index (κ2) is 5.61. The van der Waals surface area contributed by atoms with Crippen LogP contribution in [0.25, 0.3) is 0 Å². The van der Waals surface area contributed by atoms with Crippen LogP contribution in [-0.2, 0) is 4.74 Å². The maximum atomic E-state index is 5.88. The molecule has 1 fully saturated rings. The minimum Gasteiger partial charge on any atom is -0.361 e. The molecule has 2 N–H and O–H groups in total. The van der Waals surface area contributed by atoms with E-state index in [1.807, 2.05) is 13.8 Å². The number of hydrogen-bond acceptors (Lipinski definition) is 2. The van der Waals surface area contributed by atoms with Crippen molar-refractivity contribution in [2.45, 2.75) is 64.7 Å². The molecule has 13 heavy (non-hydrogen) atoms. The zero-order valence-corrected chi connectivity index (χ0v) is 8.96. The van der Waals surface area contributed by atoms with E-state index in [4.69, 9.17) is 10.5 Å². The van der Waals surface area contributed by atoms with Crippen LogP contribution < -0.4 is 5.73 Å². The zero-order chi connectivity index (χ0) is 9.68. The second-order valence-electron chi connectivity index (χ2n) is 4.46. The molecule has 0 heterocycles. The Morgan fingerprint density at radius 2 is 1.85 bits per heavy atom. The molecular weight excluding hydrogens is 162 g/mol. The van der Waals surface area contributed by atoms with Crippen molar-refractivity contribution in [1.82, 2.24) is 0 Å². The standard InChI is InChI=1S/C11H23NO/c1-9(2)13-11(12)8-10-6-4-3-5-7-10/h9-11H,3-8,12H2,1-2H3. The maximum absolute atomic E-state index is 5.88. The largest absolute Gasteiger partial charge is 0.361 e. The Balaban J connectivity index is 2.14. The summed E-state index contributed by atoms with van der Waals surface area (Å²) >= 11 is 0. The summed E-state index contributed by atoms with van der Waals surface area (Å²) in [5, 5.41) is 0. The lowest BCUT2D eigenvalue weighted by molar-refractivity contribution is -0.00460. The van der Waals surface area contributed by atoms with Crippen molar-refractivity contribution in [3.05, 3.63) is 0 Å². The van der Waals surface area contributed by atoms with Gasteiger partial charge in [-0.2, -0.15) is 0 Å². The van der Waals surface area contributed by atoms with E-state index in [9.17, 15) is 0 Å². The van der Waals surface area contributed by atoms with E-state index >= 15 is 0 Å². The molecule has 1 aliphatic carbocycles.